The smallest absolute Gasteiger partial charge is 0.330 e. The number of hydrogen-bond acceptors (Lipinski definition) is 1. The topological polar surface area (TPSA) is 37.3 Å². The van der Waals surface area contributed by atoms with Crippen molar-refractivity contribution >= 4 is 5.97 Å². The van der Waals surface area contributed by atoms with Gasteiger partial charge in [0.25, 0.3) is 0 Å². The van der Waals surface area contributed by atoms with Crippen LogP contribution >= 0.6 is 0 Å². The van der Waals surface area contributed by atoms with Crippen molar-refractivity contribution in [2.75, 3.05) is 0 Å². The first-order valence-electron chi connectivity index (χ1n) is 3.62. The molecule has 0 saturated carbocycles. The molecule has 0 radical (unpaired) electrons. The van der Waals surface area contributed by atoms with Crippen molar-refractivity contribution in [1.29, 1.82) is 0 Å². The third kappa shape index (κ3) is 4.37. The average Bonchev–Trinajstić information content (AvgIpc) is 1.87. The molecular formula is C9H14O2. The van der Waals surface area contributed by atoms with Gasteiger partial charge in [-0.15, -0.1) is 0 Å². The van der Waals surface area contributed by atoms with Gasteiger partial charge in [0.1, 0.15) is 0 Å². The number of allylic oxidation sites excluding steroid dienone is 3. The van der Waals surface area contributed by atoms with Gasteiger partial charge in [0.05, 0.1) is 0 Å². The minimum atomic E-state index is -0.846. The van der Waals surface area contributed by atoms with Gasteiger partial charge in [-0.1, -0.05) is 25.2 Å². The van der Waals surface area contributed by atoms with Crippen LogP contribution in [0.25, 0.3) is 0 Å². The van der Waals surface area contributed by atoms with E-state index in [4.69, 9.17) is 5.11 Å². The molecule has 0 aromatic rings. The molecule has 0 aromatic carbocycles. The summed E-state index contributed by atoms with van der Waals surface area (Å²) in [5.41, 5.74) is 0.399. The molecule has 2 heteroatoms. The molecular weight excluding hydrogens is 140 g/mol. The zero-order valence-corrected chi connectivity index (χ0v) is 7.16. The fraction of sp³-hybridized carbons (Fsp3) is 0.444. The molecule has 0 amide bonds. The zero-order chi connectivity index (χ0) is 8.85. The first-order valence-corrected chi connectivity index (χ1v) is 3.62. The van der Waals surface area contributed by atoms with Gasteiger partial charge in [0.15, 0.2) is 0 Å². The maximum absolute atomic E-state index is 10.3. The molecule has 0 aromatic heterocycles. The van der Waals surface area contributed by atoms with Crippen molar-refractivity contribution in [3.8, 4) is 0 Å². The van der Waals surface area contributed by atoms with Gasteiger partial charge in [-0.2, -0.15) is 0 Å². The molecule has 11 heavy (non-hydrogen) atoms. The summed E-state index contributed by atoms with van der Waals surface area (Å²) in [6.45, 7) is 5.47. The van der Waals surface area contributed by atoms with E-state index >= 15 is 0 Å². The molecule has 0 fully saturated rings. The fourth-order valence-corrected chi connectivity index (χ4v) is 0.825. The monoisotopic (exact) mass is 154 g/mol. The molecule has 2 nitrogen and oxygen atoms in total. The maximum atomic E-state index is 10.3. The Hall–Kier alpha value is -1.05. The second kappa shape index (κ2) is 4.72. The Morgan fingerprint density at radius 2 is 2.09 bits per heavy atom. The van der Waals surface area contributed by atoms with Gasteiger partial charge < -0.3 is 5.11 Å². The predicted molar refractivity (Wildman–Crippen MR) is 45.4 cm³/mol. The predicted octanol–water partition coefficient (Wildman–Crippen LogP) is 2.23. The minimum Gasteiger partial charge on any atom is -0.478 e. The second-order valence-corrected chi connectivity index (χ2v) is 2.54. The van der Waals surface area contributed by atoms with Gasteiger partial charge in [0, 0.05) is 5.57 Å². The van der Waals surface area contributed by atoms with Crippen molar-refractivity contribution in [2.45, 2.75) is 20.8 Å². The van der Waals surface area contributed by atoms with Crippen LogP contribution < -0.4 is 0 Å². The molecule has 1 unspecified atom stereocenters. The molecule has 0 aliphatic heterocycles. The number of hydrogen-bond donors (Lipinski definition) is 1. The number of rotatable bonds is 3. The van der Waals surface area contributed by atoms with E-state index in [2.05, 4.69) is 0 Å². The van der Waals surface area contributed by atoms with Gasteiger partial charge in [-0.05, 0) is 19.8 Å². The summed E-state index contributed by atoms with van der Waals surface area (Å²) < 4.78 is 0. The average molecular weight is 154 g/mol. The molecule has 0 aliphatic carbocycles. The van der Waals surface area contributed by atoms with Crippen LogP contribution in [0, 0.1) is 5.92 Å². The van der Waals surface area contributed by atoms with Crippen molar-refractivity contribution in [3.05, 3.63) is 23.8 Å². The number of carboxylic acid groups (broad SMARTS) is 1. The van der Waals surface area contributed by atoms with E-state index in [-0.39, 0.29) is 5.92 Å². The lowest BCUT2D eigenvalue weighted by Gasteiger charge is -1.98. The summed E-state index contributed by atoms with van der Waals surface area (Å²) in [6, 6.07) is 0. The van der Waals surface area contributed by atoms with Crippen LogP contribution in [-0.2, 0) is 4.79 Å². The molecule has 0 spiro atoms. The Balaban J connectivity index is 4.18. The van der Waals surface area contributed by atoms with E-state index in [9.17, 15) is 4.79 Å². The molecule has 0 heterocycles. The Kier molecular flexibility index (Phi) is 4.27. The van der Waals surface area contributed by atoms with Crippen molar-refractivity contribution < 1.29 is 9.90 Å². The summed E-state index contributed by atoms with van der Waals surface area (Å²) in [5, 5.41) is 8.51. The lowest BCUT2D eigenvalue weighted by atomic mass is 10.1. The van der Waals surface area contributed by atoms with Gasteiger partial charge in [-0.25, -0.2) is 4.79 Å². The summed E-state index contributed by atoms with van der Waals surface area (Å²) in [7, 11) is 0. The molecule has 0 saturated heterocycles. The van der Waals surface area contributed by atoms with E-state index in [0.29, 0.717) is 5.57 Å². The second-order valence-electron chi connectivity index (χ2n) is 2.54. The van der Waals surface area contributed by atoms with Crippen molar-refractivity contribution in [1.82, 2.24) is 0 Å². The number of carbonyl (C=O) groups is 1. The lowest BCUT2D eigenvalue weighted by molar-refractivity contribution is -0.132. The van der Waals surface area contributed by atoms with Crippen LogP contribution in [0.15, 0.2) is 23.8 Å². The first kappa shape index (κ1) is 9.95. The van der Waals surface area contributed by atoms with Crippen LogP contribution in [0.4, 0.5) is 0 Å². The normalized spacial score (nSPS) is 15.4. The van der Waals surface area contributed by atoms with E-state index in [0.717, 1.165) is 0 Å². The molecule has 1 N–H and O–H groups in total. The summed E-state index contributed by atoms with van der Waals surface area (Å²) in [4.78, 5) is 10.3. The molecule has 62 valence electrons. The summed E-state index contributed by atoms with van der Waals surface area (Å²) >= 11 is 0. The van der Waals surface area contributed by atoms with E-state index in [1.165, 1.54) is 0 Å². The quantitative estimate of drug-likeness (QED) is 0.500. The van der Waals surface area contributed by atoms with Crippen molar-refractivity contribution in [3.63, 3.8) is 0 Å². The highest BCUT2D eigenvalue weighted by molar-refractivity contribution is 5.85. The van der Waals surface area contributed by atoms with E-state index < -0.39 is 5.97 Å². The van der Waals surface area contributed by atoms with Gasteiger partial charge >= 0.3 is 5.97 Å². The SMILES string of the molecule is CC=CC(C)C=C(C)C(=O)O. The van der Waals surface area contributed by atoms with Crippen LogP contribution in [0.2, 0.25) is 0 Å². The van der Waals surface area contributed by atoms with Crippen molar-refractivity contribution in [2.24, 2.45) is 5.92 Å². The Morgan fingerprint density at radius 3 is 2.45 bits per heavy atom. The molecule has 1 atom stereocenters. The molecule has 0 bridgehead atoms. The Bertz CT molecular complexity index is 190. The Morgan fingerprint density at radius 1 is 1.55 bits per heavy atom. The van der Waals surface area contributed by atoms with Gasteiger partial charge in [0.2, 0.25) is 0 Å². The Labute approximate surface area is 67.2 Å². The standard InChI is InChI=1S/C9H14O2/c1-4-5-7(2)6-8(3)9(10)11/h4-7H,1-3H3,(H,10,11). The molecule has 0 rings (SSSR count). The third-order valence-electron chi connectivity index (χ3n) is 1.35. The van der Waals surface area contributed by atoms with E-state index in [1.54, 1.807) is 13.0 Å². The maximum Gasteiger partial charge on any atom is 0.330 e. The van der Waals surface area contributed by atoms with Crippen LogP contribution in [0.3, 0.4) is 0 Å². The van der Waals surface area contributed by atoms with Crippen LogP contribution in [-0.4, -0.2) is 11.1 Å². The van der Waals surface area contributed by atoms with E-state index in [1.807, 2.05) is 26.0 Å². The number of aliphatic carboxylic acids is 1. The summed E-state index contributed by atoms with van der Waals surface area (Å²) in [5.74, 6) is -0.641. The largest absolute Gasteiger partial charge is 0.478 e. The van der Waals surface area contributed by atoms with Crippen LogP contribution in [0.5, 0.6) is 0 Å². The highest BCUT2D eigenvalue weighted by Gasteiger charge is 2.00. The van der Waals surface area contributed by atoms with Gasteiger partial charge in [-0.3, -0.25) is 0 Å². The zero-order valence-electron chi connectivity index (χ0n) is 7.16. The lowest BCUT2D eigenvalue weighted by Crippen LogP contribution is -1.98. The fourth-order valence-electron chi connectivity index (χ4n) is 0.825. The third-order valence-corrected chi connectivity index (χ3v) is 1.35. The number of carboxylic acids is 1. The van der Waals surface area contributed by atoms with Crippen LogP contribution in [0.1, 0.15) is 20.8 Å². The highest BCUT2D eigenvalue weighted by atomic mass is 16.4. The summed E-state index contributed by atoms with van der Waals surface area (Å²) in [6.07, 6.45) is 5.59. The first-order chi connectivity index (χ1) is 5.07. The molecule has 0 aliphatic rings. The highest BCUT2D eigenvalue weighted by Crippen LogP contribution is 2.04. The minimum absolute atomic E-state index is 0.205.